The van der Waals surface area contributed by atoms with E-state index in [4.69, 9.17) is 10.5 Å². The Bertz CT molecular complexity index is 670. The van der Waals surface area contributed by atoms with Crippen molar-refractivity contribution in [2.24, 2.45) is 10.7 Å². The molecule has 118 valence electrons. The molecule has 0 radical (unpaired) electrons. The Morgan fingerprint density at radius 3 is 2.64 bits per heavy atom. The molecule has 1 spiro atoms. The summed E-state index contributed by atoms with van der Waals surface area (Å²) >= 11 is 3.34. The number of hydrogen-bond donors (Lipinski definition) is 1. The molecule has 1 heterocycles. The van der Waals surface area contributed by atoms with E-state index in [0.29, 0.717) is 22.0 Å². The molecule has 0 amide bonds. The van der Waals surface area contributed by atoms with Crippen molar-refractivity contribution in [3.8, 4) is 0 Å². The zero-order valence-electron chi connectivity index (χ0n) is 12.2. The number of amidine groups is 1. The number of hydrogen-bond acceptors (Lipinski definition) is 3. The lowest BCUT2D eigenvalue weighted by molar-refractivity contribution is -0.252. The molecule has 1 aromatic rings. The third-order valence-electron chi connectivity index (χ3n) is 4.74. The van der Waals surface area contributed by atoms with Gasteiger partial charge in [-0.2, -0.15) is 8.78 Å². The molecule has 22 heavy (non-hydrogen) atoms. The third-order valence-corrected chi connectivity index (χ3v) is 5.23. The van der Waals surface area contributed by atoms with E-state index in [1.54, 1.807) is 24.3 Å². The third kappa shape index (κ3) is 1.86. The fraction of sp³-hybridized carbons (Fsp3) is 0.438. The Balaban J connectivity index is 2.25. The zero-order chi connectivity index (χ0) is 16.2. The van der Waals surface area contributed by atoms with E-state index in [2.05, 4.69) is 27.5 Å². The van der Waals surface area contributed by atoms with Gasteiger partial charge in [-0.3, -0.25) is 0 Å². The first kappa shape index (κ1) is 15.5. The van der Waals surface area contributed by atoms with Gasteiger partial charge in [0, 0.05) is 4.47 Å². The van der Waals surface area contributed by atoms with Crippen LogP contribution < -0.4 is 5.73 Å². The van der Waals surface area contributed by atoms with Crippen LogP contribution in [0.25, 0.3) is 6.08 Å². The van der Waals surface area contributed by atoms with Gasteiger partial charge in [-0.15, -0.1) is 0 Å². The number of halogens is 3. The molecular formula is C16H17BrF2N2O. The highest BCUT2D eigenvalue weighted by Crippen LogP contribution is 2.58. The fourth-order valence-electron chi connectivity index (χ4n) is 3.29. The van der Waals surface area contributed by atoms with Gasteiger partial charge in [0.05, 0.1) is 0 Å². The Hall–Kier alpha value is -1.43. The van der Waals surface area contributed by atoms with Crippen LogP contribution in [0.2, 0.25) is 0 Å². The van der Waals surface area contributed by atoms with Gasteiger partial charge < -0.3 is 10.5 Å². The normalized spacial score (nSPS) is 28.5. The molecule has 2 aliphatic rings. The summed E-state index contributed by atoms with van der Waals surface area (Å²) in [5, 5.41) is 0. The predicted octanol–water partition coefficient (Wildman–Crippen LogP) is 4.21. The Morgan fingerprint density at radius 2 is 2.09 bits per heavy atom. The first-order valence-electron chi connectivity index (χ1n) is 7.10. The Labute approximate surface area is 136 Å². The van der Waals surface area contributed by atoms with Crippen LogP contribution in [0.5, 0.6) is 0 Å². The minimum absolute atomic E-state index is 0.178. The summed E-state index contributed by atoms with van der Waals surface area (Å²) in [5.74, 6) is -3.17. The predicted molar refractivity (Wildman–Crippen MR) is 85.8 cm³/mol. The highest BCUT2D eigenvalue weighted by Gasteiger charge is 2.71. The summed E-state index contributed by atoms with van der Waals surface area (Å²) in [6.07, 6.45) is 2.82. The van der Waals surface area contributed by atoms with E-state index in [-0.39, 0.29) is 18.9 Å². The summed E-state index contributed by atoms with van der Waals surface area (Å²) in [5.41, 5.74) is 3.40. The SMILES string of the molecule is C=Cc1ccc(Br)cc1C1(C)N=C(N)OC2(CCC2)C1(F)F. The molecule has 1 aromatic carbocycles. The Kier molecular flexibility index (Phi) is 3.36. The van der Waals surface area contributed by atoms with E-state index in [0.717, 1.165) is 0 Å². The standard InChI is InChI=1S/C16H17BrF2N2O/c1-3-10-5-6-11(17)9-12(10)14(2)16(18,19)15(7-4-8-15)22-13(20)21-14/h3,5-6,9H,1,4,7-8H2,2H3,(H2,20,21). The second-order valence-corrected chi connectivity index (χ2v) is 6.90. The van der Waals surface area contributed by atoms with Crippen LogP contribution in [0.1, 0.15) is 37.3 Å². The number of nitrogens with zero attached hydrogens (tertiary/aromatic N) is 1. The molecule has 1 unspecified atom stereocenters. The van der Waals surface area contributed by atoms with Crippen molar-refractivity contribution < 1.29 is 13.5 Å². The van der Waals surface area contributed by atoms with Crippen molar-refractivity contribution >= 4 is 28.0 Å². The van der Waals surface area contributed by atoms with Crippen molar-refractivity contribution in [2.45, 2.75) is 43.2 Å². The van der Waals surface area contributed by atoms with Gasteiger partial charge in [0.2, 0.25) is 0 Å². The highest BCUT2D eigenvalue weighted by molar-refractivity contribution is 9.10. The van der Waals surface area contributed by atoms with Crippen LogP contribution >= 0.6 is 15.9 Å². The van der Waals surface area contributed by atoms with Crippen LogP contribution in [0.4, 0.5) is 8.78 Å². The highest BCUT2D eigenvalue weighted by atomic mass is 79.9. The number of benzene rings is 1. The van der Waals surface area contributed by atoms with Crippen molar-refractivity contribution in [1.29, 1.82) is 0 Å². The maximum absolute atomic E-state index is 15.3. The van der Waals surface area contributed by atoms with E-state index in [9.17, 15) is 0 Å². The molecular weight excluding hydrogens is 354 g/mol. The summed E-state index contributed by atoms with van der Waals surface area (Å²) in [4.78, 5) is 4.02. The molecule has 3 rings (SSSR count). The molecule has 0 bridgehead atoms. The molecule has 1 fully saturated rings. The number of ether oxygens (including phenoxy) is 1. The lowest BCUT2D eigenvalue weighted by atomic mass is 9.66. The topological polar surface area (TPSA) is 47.6 Å². The summed E-state index contributed by atoms with van der Waals surface area (Å²) in [6.45, 7) is 5.13. The first-order valence-corrected chi connectivity index (χ1v) is 7.90. The van der Waals surface area contributed by atoms with Gasteiger partial charge in [0.15, 0.2) is 11.1 Å². The number of nitrogens with two attached hydrogens (primary N) is 1. The van der Waals surface area contributed by atoms with Gasteiger partial charge in [-0.05, 0) is 49.4 Å². The molecule has 6 heteroatoms. The van der Waals surface area contributed by atoms with Gasteiger partial charge >= 0.3 is 5.92 Å². The number of aliphatic imine (C=N–C) groups is 1. The van der Waals surface area contributed by atoms with Crippen LogP contribution in [-0.4, -0.2) is 17.5 Å². The van der Waals surface area contributed by atoms with Gasteiger partial charge in [0.1, 0.15) is 0 Å². The van der Waals surface area contributed by atoms with Gasteiger partial charge in [0.25, 0.3) is 6.02 Å². The summed E-state index contributed by atoms with van der Waals surface area (Å²) < 4.78 is 36.6. The average molecular weight is 371 g/mol. The smallest absolute Gasteiger partial charge is 0.315 e. The largest absolute Gasteiger partial charge is 0.452 e. The first-order chi connectivity index (χ1) is 10.3. The lowest BCUT2D eigenvalue weighted by Gasteiger charge is -2.54. The summed E-state index contributed by atoms with van der Waals surface area (Å²) in [7, 11) is 0. The summed E-state index contributed by atoms with van der Waals surface area (Å²) in [6, 6.07) is 5.00. The van der Waals surface area contributed by atoms with Gasteiger partial charge in [-0.25, -0.2) is 4.99 Å². The van der Waals surface area contributed by atoms with Crippen molar-refractivity contribution in [1.82, 2.24) is 0 Å². The monoisotopic (exact) mass is 370 g/mol. The average Bonchev–Trinajstić information content (AvgIpc) is 2.41. The van der Waals surface area contributed by atoms with Crippen LogP contribution in [0.15, 0.2) is 34.2 Å². The van der Waals surface area contributed by atoms with E-state index >= 15 is 8.78 Å². The van der Waals surface area contributed by atoms with E-state index in [1.807, 2.05) is 0 Å². The molecule has 1 aliphatic heterocycles. The molecule has 1 saturated carbocycles. The maximum Gasteiger partial charge on any atom is 0.315 e. The van der Waals surface area contributed by atoms with Crippen LogP contribution in [0, 0.1) is 0 Å². The molecule has 0 saturated heterocycles. The second-order valence-electron chi connectivity index (χ2n) is 5.98. The quantitative estimate of drug-likeness (QED) is 0.847. The number of alkyl halides is 2. The van der Waals surface area contributed by atoms with Crippen LogP contribution in [0.3, 0.4) is 0 Å². The van der Waals surface area contributed by atoms with E-state index < -0.39 is 17.1 Å². The number of rotatable bonds is 2. The van der Waals surface area contributed by atoms with Crippen molar-refractivity contribution in [2.75, 3.05) is 0 Å². The lowest BCUT2D eigenvalue weighted by Crippen LogP contribution is -2.67. The molecule has 2 N–H and O–H groups in total. The van der Waals surface area contributed by atoms with Crippen LogP contribution in [-0.2, 0) is 10.3 Å². The second kappa shape index (κ2) is 4.78. The van der Waals surface area contributed by atoms with Gasteiger partial charge in [-0.1, -0.05) is 34.7 Å². The minimum atomic E-state index is -3.17. The van der Waals surface area contributed by atoms with E-state index in [1.165, 1.54) is 6.92 Å². The van der Waals surface area contributed by atoms with Crippen molar-refractivity contribution in [3.63, 3.8) is 0 Å². The fourth-order valence-corrected chi connectivity index (χ4v) is 3.65. The minimum Gasteiger partial charge on any atom is -0.452 e. The molecule has 1 aliphatic carbocycles. The van der Waals surface area contributed by atoms with Crippen molar-refractivity contribution in [3.05, 3.63) is 40.4 Å². The molecule has 3 nitrogen and oxygen atoms in total. The molecule has 1 atom stereocenters. The zero-order valence-corrected chi connectivity index (χ0v) is 13.8. The molecule has 0 aromatic heterocycles. The Morgan fingerprint density at radius 1 is 1.41 bits per heavy atom. The maximum atomic E-state index is 15.3.